The van der Waals surface area contributed by atoms with E-state index in [2.05, 4.69) is 21.7 Å². The van der Waals surface area contributed by atoms with E-state index in [0.29, 0.717) is 17.1 Å². The van der Waals surface area contributed by atoms with Crippen molar-refractivity contribution in [2.24, 2.45) is 0 Å². The SMILES string of the molecule is CC(O)(CNC(=O)Nc1ncc(Cc2ccc(C#N)cc2)s1)C(=O)O. The maximum atomic E-state index is 11.7. The zero-order chi connectivity index (χ0) is 18.4. The minimum atomic E-state index is -2.04. The normalized spacial score (nSPS) is 12.7. The fourth-order valence-corrected chi connectivity index (χ4v) is 2.66. The molecule has 0 radical (unpaired) electrons. The number of carboxylic acid groups (broad SMARTS) is 1. The lowest BCUT2D eigenvalue weighted by atomic mass is 10.1. The van der Waals surface area contributed by atoms with Crippen molar-refractivity contribution in [3.05, 3.63) is 46.5 Å². The molecule has 8 nitrogen and oxygen atoms in total. The molecule has 1 heterocycles. The van der Waals surface area contributed by atoms with E-state index >= 15 is 0 Å². The van der Waals surface area contributed by atoms with Gasteiger partial charge in [0.25, 0.3) is 0 Å². The Hall–Kier alpha value is -2.96. The quantitative estimate of drug-likeness (QED) is 0.617. The highest BCUT2D eigenvalue weighted by Gasteiger charge is 2.30. The molecule has 0 aliphatic carbocycles. The van der Waals surface area contributed by atoms with Crippen molar-refractivity contribution in [2.45, 2.75) is 18.9 Å². The number of aliphatic carboxylic acids is 1. The van der Waals surface area contributed by atoms with Crippen molar-refractivity contribution in [1.29, 1.82) is 5.26 Å². The highest BCUT2D eigenvalue weighted by molar-refractivity contribution is 7.15. The van der Waals surface area contributed by atoms with Crippen LogP contribution in [-0.2, 0) is 11.2 Å². The summed E-state index contributed by atoms with van der Waals surface area (Å²) >= 11 is 1.28. The summed E-state index contributed by atoms with van der Waals surface area (Å²) in [6.07, 6.45) is 2.24. The lowest BCUT2D eigenvalue weighted by molar-refractivity contribution is -0.155. The van der Waals surface area contributed by atoms with Gasteiger partial charge in [-0.25, -0.2) is 14.6 Å². The number of nitrogens with zero attached hydrogens (tertiary/aromatic N) is 2. The summed E-state index contributed by atoms with van der Waals surface area (Å²) in [6, 6.07) is 8.58. The number of aromatic nitrogens is 1. The van der Waals surface area contributed by atoms with E-state index in [-0.39, 0.29) is 0 Å². The van der Waals surface area contributed by atoms with Gasteiger partial charge in [-0.3, -0.25) is 5.32 Å². The first-order valence-electron chi connectivity index (χ1n) is 7.24. The van der Waals surface area contributed by atoms with E-state index in [9.17, 15) is 14.7 Å². The lowest BCUT2D eigenvalue weighted by Crippen LogP contribution is -2.47. The Labute approximate surface area is 147 Å². The van der Waals surface area contributed by atoms with Gasteiger partial charge in [-0.2, -0.15) is 5.26 Å². The third-order valence-corrected chi connectivity index (χ3v) is 4.20. The largest absolute Gasteiger partial charge is 0.479 e. The minimum Gasteiger partial charge on any atom is -0.479 e. The number of nitriles is 1. The number of carboxylic acids is 1. The second kappa shape index (κ2) is 7.74. The van der Waals surface area contributed by atoms with Gasteiger partial charge in [0.15, 0.2) is 10.7 Å². The number of hydrogen-bond acceptors (Lipinski definition) is 6. The number of amides is 2. The van der Waals surface area contributed by atoms with Gasteiger partial charge < -0.3 is 15.5 Å². The van der Waals surface area contributed by atoms with E-state index in [4.69, 9.17) is 10.4 Å². The zero-order valence-electron chi connectivity index (χ0n) is 13.3. The number of carbonyl (C=O) groups excluding carboxylic acids is 1. The van der Waals surface area contributed by atoms with Crippen LogP contribution in [0.4, 0.5) is 9.93 Å². The Morgan fingerprint density at radius 2 is 2.04 bits per heavy atom. The number of benzene rings is 1. The molecule has 0 aliphatic rings. The number of aliphatic hydroxyl groups is 1. The van der Waals surface area contributed by atoms with Crippen LogP contribution in [0.1, 0.15) is 22.9 Å². The molecule has 1 atom stereocenters. The molecule has 0 saturated carbocycles. The molecule has 0 fully saturated rings. The Bertz CT molecular complexity index is 808. The highest BCUT2D eigenvalue weighted by atomic mass is 32.1. The van der Waals surface area contributed by atoms with Gasteiger partial charge >= 0.3 is 12.0 Å². The van der Waals surface area contributed by atoms with Crippen LogP contribution in [0.5, 0.6) is 0 Å². The molecule has 25 heavy (non-hydrogen) atoms. The van der Waals surface area contributed by atoms with Gasteiger partial charge in [0.05, 0.1) is 18.2 Å². The molecule has 2 aromatic rings. The van der Waals surface area contributed by atoms with Gasteiger partial charge in [-0.05, 0) is 24.6 Å². The van der Waals surface area contributed by atoms with Gasteiger partial charge in [-0.15, -0.1) is 11.3 Å². The Morgan fingerprint density at radius 1 is 1.36 bits per heavy atom. The van der Waals surface area contributed by atoms with E-state index in [1.807, 2.05) is 12.1 Å². The van der Waals surface area contributed by atoms with E-state index in [1.54, 1.807) is 18.3 Å². The van der Waals surface area contributed by atoms with Crippen molar-refractivity contribution in [1.82, 2.24) is 10.3 Å². The molecule has 0 bridgehead atoms. The van der Waals surface area contributed by atoms with Crippen LogP contribution in [-0.4, -0.2) is 39.3 Å². The molecule has 2 rings (SSSR count). The van der Waals surface area contributed by atoms with Crippen LogP contribution in [0.25, 0.3) is 0 Å². The molecule has 4 N–H and O–H groups in total. The Morgan fingerprint density at radius 3 is 2.64 bits per heavy atom. The first-order chi connectivity index (χ1) is 11.8. The average Bonchev–Trinajstić information content (AvgIpc) is 3.00. The fourth-order valence-electron chi connectivity index (χ4n) is 1.81. The van der Waals surface area contributed by atoms with Crippen molar-refractivity contribution in [2.75, 3.05) is 11.9 Å². The summed E-state index contributed by atoms with van der Waals surface area (Å²) < 4.78 is 0. The Balaban J connectivity index is 1.89. The van der Waals surface area contributed by atoms with Crippen LogP contribution in [0, 0.1) is 11.3 Å². The molecule has 0 aliphatic heterocycles. The predicted octanol–water partition coefficient (Wildman–Crippen LogP) is 1.56. The van der Waals surface area contributed by atoms with Gasteiger partial charge in [0.1, 0.15) is 0 Å². The monoisotopic (exact) mass is 360 g/mol. The molecular formula is C16H16N4O4S. The molecule has 1 aromatic carbocycles. The number of hydrogen-bond donors (Lipinski definition) is 4. The molecule has 0 saturated heterocycles. The number of urea groups is 1. The summed E-state index contributed by atoms with van der Waals surface area (Å²) in [5, 5.41) is 32.2. The zero-order valence-corrected chi connectivity index (χ0v) is 14.1. The summed E-state index contributed by atoms with van der Waals surface area (Å²) in [7, 11) is 0. The van der Waals surface area contributed by atoms with Crippen LogP contribution in [0.3, 0.4) is 0 Å². The second-order valence-electron chi connectivity index (χ2n) is 5.50. The molecule has 0 spiro atoms. The summed E-state index contributed by atoms with van der Waals surface area (Å²) in [5.41, 5.74) is -0.443. The molecule has 9 heteroatoms. The third kappa shape index (κ3) is 5.27. The first-order valence-corrected chi connectivity index (χ1v) is 8.06. The maximum Gasteiger partial charge on any atom is 0.337 e. The lowest BCUT2D eigenvalue weighted by Gasteiger charge is -2.18. The van der Waals surface area contributed by atoms with E-state index < -0.39 is 24.1 Å². The number of carbonyl (C=O) groups is 2. The van der Waals surface area contributed by atoms with Crippen LogP contribution >= 0.6 is 11.3 Å². The topological polar surface area (TPSA) is 135 Å². The summed E-state index contributed by atoms with van der Waals surface area (Å²) in [6.45, 7) is 0.659. The summed E-state index contributed by atoms with van der Waals surface area (Å²) in [4.78, 5) is 27.5. The second-order valence-corrected chi connectivity index (χ2v) is 6.62. The van der Waals surface area contributed by atoms with Crippen molar-refractivity contribution in [3.8, 4) is 6.07 Å². The highest BCUT2D eigenvalue weighted by Crippen LogP contribution is 2.21. The van der Waals surface area contributed by atoms with Crippen LogP contribution in [0.15, 0.2) is 30.5 Å². The van der Waals surface area contributed by atoms with Gasteiger partial charge in [0.2, 0.25) is 0 Å². The first kappa shape index (κ1) is 18.4. The fraction of sp³-hybridized carbons (Fsp3) is 0.250. The van der Waals surface area contributed by atoms with Gasteiger partial charge in [0, 0.05) is 17.5 Å². The van der Waals surface area contributed by atoms with Crippen molar-refractivity contribution < 1.29 is 19.8 Å². The van der Waals surface area contributed by atoms with E-state index in [1.165, 1.54) is 11.3 Å². The number of anilines is 1. The van der Waals surface area contributed by atoms with Crippen molar-refractivity contribution in [3.63, 3.8) is 0 Å². The predicted molar refractivity (Wildman–Crippen MR) is 91.4 cm³/mol. The van der Waals surface area contributed by atoms with Crippen LogP contribution in [0.2, 0.25) is 0 Å². The number of rotatable bonds is 6. The van der Waals surface area contributed by atoms with Crippen molar-refractivity contribution >= 4 is 28.5 Å². The average molecular weight is 360 g/mol. The standard InChI is InChI=1S/C16H16N4O4S/c1-16(24,13(21)22)9-19-14(23)20-15-18-8-12(25-15)6-10-2-4-11(7-17)5-3-10/h2-5,8,24H,6,9H2,1H3,(H,21,22)(H2,18,19,20,23). The molecule has 1 aromatic heterocycles. The van der Waals surface area contributed by atoms with Gasteiger partial charge in [-0.1, -0.05) is 12.1 Å². The molecule has 130 valence electrons. The molecular weight excluding hydrogens is 344 g/mol. The van der Waals surface area contributed by atoms with E-state index in [0.717, 1.165) is 17.4 Å². The smallest absolute Gasteiger partial charge is 0.337 e. The summed E-state index contributed by atoms with van der Waals surface area (Å²) in [5.74, 6) is -1.42. The maximum absolute atomic E-state index is 11.7. The number of nitrogens with one attached hydrogen (secondary N) is 2. The molecule has 1 unspecified atom stereocenters. The molecule has 2 amide bonds. The third-order valence-electron chi connectivity index (χ3n) is 3.29. The number of thiazole rings is 1. The Kier molecular flexibility index (Phi) is 5.69. The van der Waals surface area contributed by atoms with Crippen LogP contribution < -0.4 is 10.6 Å². The minimum absolute atomic E-state index is 0.358.